The molecule has 1 heterocycles. The van der Waals surface area contributed by atoms with Crippen LogP contribution in [0.15, 0.2) is 0 Å². The van der Waals surface area contributed by atoms with Crippen LogP contribution in [0.1, 0.15) is 26.7 Å². The minimum Gasteiger partial charge on any atom is -0.466 e. The van der Waals surface area contributed by atoms with Crippen LogP contribution < -0.4 is 0 Å². The summed E-state index contributed by atoms with van der Waals surface area (Å²) < 4.78 is 9.27. The van der Waals surface area contributed by atoms with Gasteiger partial charge in [0.25, 0.3) is 0 Å². The van der Waals surface area contributed by atoms with Crippen LogP contribution in [-0.2, 0) is 14.3 Å². The topological polar surface area (TPSA) is 35.5 Å². The molecule has 1 aliphatic heterocycles. The highest BCUT2D eigenvalue weighted by Gasteiger charge is 1.94. The highest BCUT2D eigenvalue weighted by Crippen LogP contribution is 1.93. The van der Waals surface area contributed by atoms with E-state index >= 15 is 0 Å². The molecule has 0 radical (unpaired) electrons. The summed E-state index contributed by atoms with van der Waals surface area (Å²) >= 11 is 0. The average molecular weight is 160 g/mol. The summed E-state index contributed by atoms with van der Waals surface area (Å²) in [6, 6.07) is 0. The highest BCUT2D eigenvalue weighted by molar-refractivity contribution is 5.68. The molecular formula is C8H16O3. The lowest BCUT2D eigenvalue weighted by molar-refractivity contribution is -0.142. The van der Waals surface area contributed by atoms with E-state index in [9.17, 15) is 4.79 Å². The molecule has 0 aromatic rings. The van der Waals surface area contributed by atoms with Crippen molar-refractivity contribution in [1.29, 1.82) is 0 Å². The number of hydrogen-bond acceptors (Lipinski definition) is 3. The molecule has 0 aliphatic carbocycles. The van der Waals surface area contributed by atoms with Crippen molar-refractivity contribution in [2.75, 3.05) is 19.8 Å². The van der Waals surface area contributed by atoms with E-state index in [1.54, 1.807) is 13.8 Å². The Bertz CT molecular complexity index is 93.5. The zero-order valence-corrected chi connectivity index (χ0v) is 7.26. The number of carbonyl (C=O) groups excluding carboxylic acids is 1. The van der Waals surface area contributed by atoms with Gasteiger partial charge in [0.1, 0.15) is 0 Å². The van der Waals surface area contributed by atoms with E-state index in [2.05, 4.69) is 4.74 Å². The zero-order valence-electron chi connectivity index (χ0n) is 7.26. The van der Waals surface area contributed by atoms with Crippen LogP contribution in [0.25, 0.3) is 0 Å². The summed E-state index contributed by atoms with van der Waals surface area (Å²) in [6.07, 6.45) is 1.76. The lowest BCUT2D eigenvalue weighted by atomic mass is 10.4. The number of rotatable bonds is 2. The Hall–Kier alpha value is -0.570. The molecule has 66 valence electrons. The second kappa shape index (κ2) is 7.54. The van der Waals surface area contributed by atoms with E-state index in [0.717, 1.165) is 13.2 Å². The van der Waals surface area contributed by atoms with Crippen molar-refractivity contribution in [1.82, 2.24) is 0 Å². The van der Waals surface area contributed by atoms with Crippen LogP contribution in [0.2, 0.25) is 0 Å². The molecule has 3 heteroatoms. The third-order valence-electron chi connectivity index (χ3n) is 1.17. The molecule has 0 spiro atoms. The van der Waals surface area contributed by atoms with Crippen molar-refractivity contribution in [3.63, 3.8) is 0 Å². The summed E-state index contributed by atoms with van der Waals surface area (Å²) in [5.41, 5.74) is 0. The lowest BCUT2D eigenvalue weighted by Gasteiger charge is -2.09. The molecule has 11 heavy (non-hydrogen) atoms. The molecule has 0 saturated carbocycles. The van der Waals surface area contributed by atoms with Crippen molar-refractivity contribution < 1.29 is 14.3 Å². The normalized spacial score (nSPS) is 14.0. The van der Waals surface area contributed by atoms with Gasteiger partial charge in [-0.05, 0) is 13.3 Å². The Morgan fingerprint density at radius 3 is 2.00 bits per heavy atom. The molecule has 1 saturated heterocycles. The van der Waals surface area contributed by atoms with E-state index in [4.69, 9.17) is 4.74 Å². The van der Waals surface area contributed by atoms with Crippen molar-refractivity contribution in [3.05, 3.63) is 0 Å². The van der Waals surface area contributed by atoms with E-state index < -0.39 is 0 Å². The van der Waals surface area contributed by atoms with E-state index in [1.165, 1.54) is 6.42 Å². The van der Waals surface area contributed by atoms with Crippen LogP contribution in [-0.4, -0.2) is 25.8 Å². The Kier molecular flexibility index (Phi) is 7.15. The molecule has 1 fully saturated rings. The van der Waals surface area contributed by atoms with Crippen LogP contribution in [0.5, 0.6) is 0 Å². The second-order valence-corrected chi connectivity index (χ2v) is 2.12. The Morgan fingerprint density at radius 1 is 1.45 bits per heavy atom. The first-order chi connectivity index (χ1) is 5.31. The van der Waals surface area contributed by atoms with Gasteiger partial charge in [0, 0.05) is 19.6 Å². The van der Waals surface area contributed by atoms with Crippen LogP contribution >= 0.6 is 0 Å². The maximum Gasteiger partial charge on any atom is 0.305 e. The largest absolute Gasteiger partial charge is 0.466 e. The molecule has 1 rings (SSSR count). The van der Waals surface area contributed by atoms with Gasteiger partial charge >= 0.3 is 5.97 Å². The average Bonchev–Trinajstić information content (AvgIpc) is 1.85. The van der Waals surface area contributed by atoms with Gasteiger partial charge in [-0.3, -0.25) is 4.79 Å². The van der Waals surface area contributed by atoms with Gasteiger partial charge in [0.2, 0.25) is 0 Å². The Morgan fingerprint density at radius 2 is 1.91 bits per heavy atom. The van der Waals surface area contributed by atoms with E-state index in [-0.39, 0.29) is 5.97 Å². The summed E-state index contributed by atoms with van der Waals surface area (Å²) in [5, 5.41) is 0. The second-order valence-electron chi connectivity index (χ2n) is 2.12. The lowest BCUT2D eigenvalue weighted by Crippen LogP contribution is -2.09. The Balaban J connectivity index is 0.000000207. The number of ether oxygens (including phenoxy) is 2. The van der Waals surface area contributed by atoms with Crippen molar-refractivity contribution in [2.45, 2.75) is 26.7 Å². The molecule has 0 aromatic carbocycles. The third kappa shape index (κ3) is 7.33. The molecule has 0 N–H and O–H groups in total. The summed E-state index contributed by atoms with van der Waals surface area (Å²) in [4.78, 5) is 10.2. The first-order valence-corrected chi connectivity index (χ1v) is 4.04. The predicted octanol–water partition coefficient (Wildman–Crippen LogP) is 1.37. The van der Waals surface area contributed by atoms with Crippen molar-refractivity contribution in [3.8, 4) is 0 Å². The molecule has 0 amide bonds. The molecular weight excluding hydrogens is 144 g/mol. The van der Waals surface area contributed by atoms with Gasteiger partial charge < -0.3 is 9.47 Å². The minimum absolute atomic E-state index is 0.123. The standard InChI is InChI=1S/C5H10O2.C3H6O/c1-3-5(6)7-4-2;1-2-4-3-1/h3-4H2,1-2H3;1-3H2. The summed E-state index contributed by atoms with van der Waals surface area (Å²) in [7, 11) is 0. The highest BCUT2D eigenvalue weighted by atomic mass is 16.5. The van der Waals surface area contributed by atoms with Crippen LogP contribution in [0.4, 0.5) is 0 Å². The predicted molar refractivity (Wildman–Crippen MR) is 42.4 cm³/mol. The van der Waals surface area contributed by atoms with Gasteiger partial charge in [-0.15, -0.1) is 0 Å². The molecule has 1 aliphatic rings. The third-order valence-corrected chi connectivity index (χ3v) is 1.17. The van der Waals surface area contributed by atoms with Crippen molar-refractivity contribution >= 4 is 5.97 Å². The molecule has 0 bridgehead atoms. The first kappa shape index (κ1) is 10.4. The van der Waals surface area contributed by atoms with E-state index in [0.29, 0.717) is 13.0 Å². The fourth-order valence-corrected chi connectivity index (χ4v) is 0.407. The van der Waals surface area contributed by atoms with Gasteiger partial charge in [0.05, 0.1) is 6.61 Å². The molecule has 3 nitrogen and oxygen atoms in total. The van der Waals surface area contributed by atoms with Gasteiger partial charge in [-0.1, -0.05) is 6.92 Å². The summed E-state index contributed by atoms with van der Waals surface area (Å²) in [6.45, 7) is 6.07. The quantitative estimate of drug-likeness (QED) is 0.572. The van der Waals surface area contributed by atoms with E-state index in [1.807, 2.05) is 0 Å². The number of hydrogen-bond donors (Lipinski definition) is 0. The van der Waals surface area contributed by atoms with Gasteiger partial charge in [0.15, 0.2) is 0 Å². The number of esters is 1. The maximum absolute atomic E-state index is 10.2. The SMILES string of the molecule is C1COC1.CCOC(=O)CC. The van der Waals surface area contributed by atoms with Crippen molar-refractivity contribution in [2.24, 2.45) is 0 Å². The zero-order chi connectivity index (χ0) is 8.53. The minimum atomic E-state index is -0.123. The maximum atomic E-state index is 10.2. The molecule has 0 atom stereocenters. The van der Waals surface area contributed by atoms with Crippen LogP contribution in [0, 0.1) is 0 Å². The summed E-state index contributed by atoms with van der Waals surface area (Å²) in [5.74, 6) is -0.123. The molecule has 0 unspecified atom stereocenters. The van der Waals surface area contributed by atoms with Gasteiger partial charge in [-0.2, -0.15) is 0 Å². The fourth-order valence-electron chi connectivity index (χ4n) is 0.407. The number of carbonyl (C=O) groups is 1. The first-order valence-electron chi connectivity index (χ1n) is 4.04. The molecule has 0 aromatic heterocycles. The van der Waals surface area contributed by atoms with Gasteiger partial charge in [-0.25, -0.2) is 0 Å². The fraction of sp³-hybridized carbons (Fsp3) is 0.875. The Labute approximate surface area is 67.7 Å². The van der Waals surface area contributed by atoms with Crippen LogP contribution in [0.3, 0.4) is 0 Å². The smallest absolute Gasteiger partial charge is 0.305 e. The monoisotopic (exact) mass is 160 g/mol.